The second kappa shape index (κ2) is 12.7. The first-order valence-corrected chi connectivity index (χ1v) is 16.1. The third-order valence-electron chi connectivity index (χ3n) is 8.25. The van der Waals surface area contributed by atoms with Crippen LogP contribution in [0.4, 0.5) is 42.2 Å². The lowest BCUT2D eigenvalue weighted by Gasteiger charge is -2.40. The first-order chi connectivity index (χ1) is 21.5. The van der Waals surface area contributed by atoms with Crippen LogP contribution < -0.4 is 9.80 Å². The Kier molecular flexibility index (Phi) is 9.74. The molecule has 1 unspecified atom stereocenters. The van der Waals surface area contributed by atoms with E-state index in [4.69, 9.17) is 0 Å². The molecule has 3 aromatic rings. The summed E-state index contributed by atoms with van der Waals surface area (Å²) in [4.78, 5) is 21.2. The normalized spacial score (nSPS) is 16.8. The maximum absolute atomic E-state index is 14.1. The highest BCUT2D eigenvalue weighted by molar-refractivity contribution is 7.88. The fraction of sp³-hybridized carbons (Fsp3) is 0.419. The van der Waals surface area contributed by atoms with E-state index in [-0.39, 0.29) is 31.4 Å². The van der Waals surface area contributed by atoms with Crippen molar-refractivity contribution in [3.05, 3.63) is 76.7 Å². The summed E-state index contributed by atoms with van der Waals surface area (Å²) < 4.78 is 121. The lowest BCUT2D eigenvalue weighted by molar-refractivity contribution is -0.143. The van der Waals surface area contributed by atoms with Gasteiger partial charge in [-0.2, -0.15) is 30.6 Å². The van der Waals surface area contributed by atoms with Gasteiger partial charge in [-0.15, -0.1) is 0 Å². The summed E-state index contributed by atoms with van der Waals surface area (Å²) in [6, 6.07) is 5.70. The van der Waals surface area contributed by atoms with Crippen LogP contribution in [0.2, 0.25) is 0 Å². The number of aliphatic hydroxyl groups is 1. The minimum atomic E-state index is -5.12. The Hall–Kier alpha value is -3.76. The van der Waals surface area contributed by atoms with Crippen molar-refractivity contribution in [3.8, 4) is 11.1 Å². The number of pyridine rings is 1. The van der Waals surface area contributed by atoms with Gasteiger partial charge in [0.15, 0.2) is 0 Å². The predicted octanol–water partition coefficient (Wildman–Crippen LogP) is 5.62. The van der Waals surface area contributed by atoms with Crippen molar-refractivity contribution < 1.29 is 49.1 Å². The number of likely N-dealkylation sites (N-methyl/N-ethyl adjacent to an activating group) is 1. The summed E-state index contributed by atoms with van der Waals surface area (Å²) in [6.07, 6.45) is -7.90. The van der Waals surface area contributed by atoms with E-state index in [0.717, 1.165) is 11.2 Å². The van der Waals surface area contributed by atoms with E-state index in [1.807, 2.05) is 0 Å². The van der Waals surface area contributed by atoms with Crippen molar-refractivity contribution in [2.45, 2.75) is 44.6 Å². The zero-order valence-electron chi connectivity index (χ0n) is 26.0. The van der Waals surface area contributed by atoms with Crippen LogP contribution in [-0.2, 0) is 32.6 Å². The van der Waals surface area contributed by atoms with Crippen LogP contribution in [0.25, 0.3) is 11.1 Å². The average molecular weight is 691 g/mol. The van der Waals surface area contributed by atoms with E-state index in [2.05, 4.69) is 4.98 Å². The number of carbonyl (C=O) groups is 1. The summed E-state index contributed by atoms with van der Waals surface area (Å²) >= 11 is 0. The molecule has 16 heteroatoms. The second-order valence-corrected chi connectivity index (χ2v) is 13.9. The minimum Gasteiger partial charge on any atom is -0.395 e. The zero-order chi connectivity index (χ0) is 35.3. The molecule has 2 aromatic carbocycles. The van der Waals surface area contributed by atoms with Gasteiger partial charge in [-0.05, 0) is 73.9 Å². The summed E-state index contributed by atoms with van der Waals surface area (Å²) in [5.41, 5.74) is -4.17. The van der Waals surface area contributed by atoms with Crippen molar-refractivity contribution >= 4 is 27.4 Å². The van der Waals surface area contributed by atoms with Gasteiger partial charge in [0.2, 0.25) is 15.9 Å². The summed E-state index contributed by atoms with van der Waals surface area (Å²) in [5.74, 6) is -1.07. The molecule has 0 radical (unpaired) electrons. The predicted molar refractivity (Wildman–Crippen MR) is 162 cm³/mol. The molecule has 2 heterocycles. The molecule has 0 aliphatic carbocycles. The molecule has 1 N–H and O–H groups in total. The fourth-order valence-electron chi connectivity index (χ4n) is 5.62. The van der Waals surface area contributed by atoms with E-state index in [9.17, 15) is 49.1 Å². The Morgan fingerprint density at radius 3 is 2.04 bits per heavy atom. The van der Waals surface area contributed by atoms with E-state index in [1.165, 1.54) is 49.6 Å². The Morgan fingerprint density at radius 1 is 0.957 bits per heavy atom. The van der Waals surface area contributed by atoms with E-state index in [1.54, 1.807) is 17.9 Å². The molecular weight excluding hydrogens is 657 g/mol. The van der Waals surface area contributed by atoms with E-state index >= 15 is 0 Å². The van der Waals surface area contributed by atoms with Gasteiger partial charge in [0.25, 0.3) is 0 Å². The number of sulfonamides is 1. The first-order valence-electron chi connectivity index (χ1n) is 14.2. The molecule has 0 spiro atoms. The van der Waals surface area contributed by atoms with E-state index in [0.29, 0.717) is 34.6 Å². The van der Waals surface area contributed by atoms with Crippen LogP contribution >= 0.6 is 0 Å². The summed E-state index contributed by atoms with van der Waals surface area (Å²) in [5, 5.41) is 9.90. The molecule has 1 atom stereocenters. The first kappa shape index (κ1) is 36.1. The summed E-state index contributed by atoms with van der Waals surface area (Å²) in [7, 11) is -2.32. The van der Waals surface area contributed by atoms with Gasteiger partial charge >= 0.3 is 12.4 Å². The smallest absolute Gasteiger partial charge is 0.395 e. The highest BCUT2D eigenvalue weighted by atomic mass is 32.2. The van der Waals surface area contributed by atoms with Gasteiger partial charge in [0.05, 0.1) is 47.3 Å². The van der Waals surface area contributed by atoms with Gasteiger partial charge < -0.3 is 14.9 Å². The standard InChI is InChI=1S/C31H33F7N4O4S/c1-18-10-22(32)6-7-24(18)25-14-27(41-8-9-42(47(5,45)46)23(16-41)17-43)39-15-26(25)40(4)28(44)29(2,3)19-11-20(30(33,34)35)13-21(12-19)31(36,37)38/h6-7,10-15,23,43H,8-9,16-17H2,1-5H3. The number of benzene rings is 2. The molecule has 4 rings (SSSR count). The number of hydrogen-bond acceptors (Lipinski definition) is 6. The van der Waals surface area contributed by atoms with Gasteiger partial charge in [-0.25, -0.2) is 17.8 Å². The molecule has 47 heavy (non-hydrogen) atoms. The third-order valence-corrected chi connectivity index (χ3v) is 9.58. The maximum atomic E-state index is 14.1. The average Bonchev–Trinajstić information content (AvgIpc) is 2.98. The van der Waals surface area contributed by atoms with Crippen LogP contribution in [0.5, 0.6) is 0 Å². The number of amides is 1. The molecular formula is C31H33F7N4O4S. The molecule has 256 valence electrons. The Morgan fingerprint density at radius 2 is 1.53 bits per heavy atom. The second-order valence-electron chi connectivity index (χ2n) is 12.0. The topological polar surface area (TPSA) is 94.1 Å². The lowest BCUT2D eigenvalue weighted by atomic mass is 9.81. The van der Waals surface area contributed by atoms with Crippen molar-refractivity contribution in [2.75, 3.05) is 49.3 Å². The van der Waals surface area contributed by atoms with Crippen LogP contribution in [-0.4, -0.2) is 74.3 Å². The number of halogens is 7. The zero-order valence-corrected chi connectivity index (χ0v) is 26.9. The fourth-order valence-corrected chi connectivity index (χ4v) is 6.71. The van der Waals surface area contributed by atoms with E-state index < -0.39 is 68.9 Å². The maximum Gasteiger partial charge on any atom is 0.416 e. The lowest BCUT2D eigenvalue weighted by Crippen LogP contribution is -2.56. The molecule has 0 bridgehead atoms. The number of anilines is 2. The van der Waals surface area contributed by atoms with Gasteiger partial charge in [0.1, 0.15) is 11.6 Å². The van der Waals surface area contributed by atoms with Crippen LogP contribution in [0.3, 0.4) is 0 Å². The number of aliphatic hydroxyl groups excluding tert-OH is 1. The molecule has 0 saturated carbocycles. The molecule has 8 nitrogen and oxygen atoms in total. The number of carbonyl (C=O) groups excluding carboxylic acids is 1. The van der Waals surface area contributed by atoms with Crippen molar-refractivity contribution in [3.63, 3.8) is 0 Å². The van der Waals surface area contributed by atoms with Gasteiger partial charge in [0, 0.05) is 32.2 Å². The molecule has 1 aliphatic rings. The van der Waals surface area contributed by atoms with Crippen LogP contribution in [0.1, 0.15) is 36.1 Å². The largest absolute Gasteiger partial charge is 0.416 e. The SMILES string of the molecule is Cc1cc(F)ccc1-c1cc(N2CCN(S(C)(=O)=O)C(CO)C2)ncc1N(C)C(=O)C(C)(C)c1cc(C(F)(F)F)cc(C(F)(F)F)c1. The quantitative estimate of drug-likeness (QED) is 0.324. The van der Waals surface area contributed by atoms with Crippen molar-refractivity contribution in [1.29, 1.82) is 0 Å². The van der Waals surface area contributed by atoms with Gasteiger partial charge in [-0.3, -0.25) is 4.79 Å². The number of rotatable bonds is 7. The molecule has 1 saturated heterocycles. The van der Waals surface area contributed by atoms with Crippen LogP contribution in [0.15, 0.2) is 48.7 Å². The van der Waals surface area contributed by atoms with Crippen LogP contribution in [0, 0.1) is 12.7 Å². The van der Waals surface area contributed by atoms with Crippen molar-refractivity contribution in [1.82, 2.24) is 9.29 Å². The highest BCUT2D eigenvalue weighted by Gasteiger charge is 2.41. The van der Waals surface area contributed by atoms with Crippen molar-refractivity contribution in [2.24, 2.45) is 0 Å². The number of hydrogen-bond donors (Lipinski definition) is 1. The molecule has 1 fully saturated rings. The molecule has 1 aliphatic heterocycles. The summed E-state index contributed by atoms with van der Waals surface area (Å²) in [6.45, 7) is 3.87. The Bertz CT molecular complexity index is 1750. The minimum absolute atomic E-state index is 0.0110. The highest BCUT2D eigenvalue weighted by Crippen LogP contribution is 2.41. The number of piperazine rings is 1. The Balaban J connectivity index is 1.81. The Labute approximate surface area is 267 Å². The number of aryl methyl sites for hydroxylation is 1. The number of aromatic nitrogens is 1. The number of alkyl halides is 6. The third kappa shape index (κ3) is 7.54. The molecule has 1 aromatic heterocycles. The monoisotopic (exact) mass is 690 g/mol. The van der Waals surface area contributed by atoms with Gasteiger partial charge in [-0.1, -0.05) is 6.07 Å². The number of nitrogens with zero attached hydrogens (tertiary/aromatic N) is 4. The molecule has 1 amide bonds.